The molecule has 1 aromatic rings. The number of halogens is 2. The molecule has 2 N–H and O–H groups in total. The van der Waals surface area contributed by atoms with Gasteiger partial charge in [-0.1, -0.05) is 29.8 Å². The van der Waals surface area contributed by atoms with Gasteiger partial charge in [-0.05, 0) is 23.6 Å². The summed E-state index contributed by atoms with van der Waals surface area (Å²) in [4.78, 5) is 12.7. The van der Waals surface area contributed by atoms with Crippen molar-refractivity contribution < 1.29 is 13.9 Å². The van der Waals surface area contributed by atoms with Crippen LogP contribution in [0, 0.1) is 22.6 Å². The van der Waals surface area contributed by atoms with Crippen LogP contribution < -0.4 is 5.73 Å². The zero-order chi connectivity index (χ0) is 17.6. The number of allylic oxidation sites excluding steroid dienone is 3. The van der Waals surface area contributed by atoms with Crippen LogP contribution >= 0.6 is 15.9 Å². The lowest BCUT2D eigenvalue weighted by Gasteiger charge is -2.37. The first-order chi connectivity index (χ1) is 11.2. The second-order valence-electron chi connectivity index (χ2n) is 6.87. The molecular weight excluding hydrogens is 375 g/mol. The third kappa shape index (κ3) is 2.73. The molecular formula is C18H16BrFN2O2. The van der Waals surface area contributed by atoms with Gasteiger partial charge < -0.3 is 10.5 Å². The number of rotatable bonds is 1. The van der Waals surface area contributed by atoms with E-state index >= 15 is 0 Å². The summed E-state index contributed by atoms with van der Waals surface area (Å²) >= 11 is 3.31. The Morgan fingerprint density at radius 2 is 2.12 bits per heavy atom. The Labute approximate surface area is 147 Å². The molecule has 0 radical (unpaired) electrons. The van der Waals surface area contributed by atoms with E-state index in [1.807, 2.05) is 19.9 Å². The molecule has 2 aliphatic rings. The van der Waals surface area contributed by atoms with Gasteiger partial charge in [-0.2, -0.15) is 5.26 Å². The molecule has 0 bridgehead atoms. The van der Waals surface area contributed by atoms with Crippen LogP contribution in [0.15, 0.2) is 45.5 Å². The Morgan fingerprint density at radius 1 is 1.42 bits per heavy atom. The van der Waals surface area contributed by atoms with Gasteiger partial charge in [0, 0.05) is 28.5 Å². The van der Waals surface area contributed by atoms with E-state index in [1.54, 1.807) is 12.1 Å². The number of benzene rings is 1. The summed E-state index contributed by atoms with van der Waals surface area (Å²) in [6.07, 6.45) is 0.833. The lowest BCUT2D eigenvalue weighted by molar-refractivity contribution is -0.119. The highest BCUT2D eigenvalue weighted by Crippen LogP contribution is 2.48. The number of Topliss-reactive ketones (excluding diaryl/α,β-unsaturated/α-hetero) is 1. The molecule has 24 heavy (non-hydrogen) atoms. The van der Waals surface area contributed by atoms with Crippen LogP contribution in [-0.2, 0) is 9.53 Å². The molecule has 0 unspecified atom stereocenters. The summed E-state index contributed by atoms with van der Waals surface area (Å²) < 4.78 is 20.7. The summed E-state index contributed by atoms with van der Waals surface area (Å²) in [5.74, 6) is -1.08. The number of hydrogen-bond donors (Lipinski definition) is 1. The van der Waals surface area contributed by atoms with Gasteiger partial charge in [0.15, 0.2) is 5.78 Å². The molecule has 0 saturated carbocycles. The number of carbonyl (C=O) groups excluding carboxylic acids is 1. The minimum Gasteiger partial charge on any atom is -0.444 e. The molecule has 1 aliphatic heterocycles. The molecule has 1 aromatic carbocycles. The predicted octanol–water partition coefficient (Wildman–Crippen LogP) is 4.04. The van der Waals surface area contributed by atoms with E-state index in [4.69, 9.17) is 10.5 Å². The van der Waals surface area contributed by atoms with Gasteiger partial charge in [0.2, 0.25) is 5.88 Å². The van der Waals surface area contributed by atoms with E-state index in [1.165, 1.54) is 6.07 Å². The highest BCUT2D eigenvalue weighted by atomic mass is 79.9. The van der Waals surface area contributed by atoms with Crippen LogP contribution in [-0.4, -0.2) is 5.78 Å². The van der Waals surface area contributed by atoms with Crippen molar-refractivity contribution in [3.63, 3.8) is 0 Å². The lowest BCUT2D eigenvalue weighted by atomic mass is 9.70. The molecule has 0 aromatic heterocycles. The minimum absolute atomic E-state index is 0.0638. The van der Waals surface area contributed by atoms with E-state index < -0.39 is 11.7 Å². The molecule has 124 valence electrons. The summed E-state index contributed by atoms with van der Waals surface area (Å²) in [6, 6.07) is 6.43. The molecule has 0 amide bonds. The maximum atomic E-state index is 14.5. The topological polar surface area (TPSA) is 76.1 Å². The summed E-state index contributed by atoms with van der Waals surface area (Å²) in [5.41, 5.74) is 6.29. The number of hydrogen-bond acceptors (Lipinski definition) is 4. The van der Waals surface area contributed by atoms with Gasteiger partial charge in [0.1, 0.15) is 23.2 Å². The first-order valence-electron chi connectivity index (χ1n) is 7.52. The highest BCUT2D eigenvalue weighted by molar-refractivity contribution is 9.10. The Morgan fingerprint density at radius 3 is 2.79 bits per heavy atom. The van der Waals surface area contributed by atoms with E-state index in [0.29, 0.717) is 28.6 Å². The first kappa shape index (κ1) is 16.7. The van der Waals surface area contributed by atoms with Crippen molar-refractivity contribution in [3.8, 4) is 6.07 Å². The molecule has 4 nitrogen and oxygen atoms in total. The smallest absolute Gasteiger partial charge is 0.205 e. The molecule has 0 saturated heterocycles. The molecule has 0 spiro atoms. The molecule has 6 heteroatoms. The number of ketones is 1. The van der Waals surface area contributed by atoms with Gasteiger partial charge in [-0.15, -0.1) is 0 Å². The average Bonchev–Trinajstić information content (AvgIpc) is 2.47. The molecule has 0 fully saturated rings. The van der Waals surface area contributed by atoms with Crippen molar-refractivity contribution in [2.45, 2.75) is 32.6 Å². The second kappa shape index (κ2) is 5.75. The van der Waals surface area contributed by atoms with Gasteiger partial charge in [0.05, 0.1) is 5.92 Å². The number of carbonyl (C=O) groups is 1. The minimum atomic E-state index is -0.833. The zero-order valence-electron chi connectivity index (χ0n) is 13.3. The normalized spacial score (nSPS) is 22.8. The Hall–Kier alpha value is -2.13. The SMILES string of the molecule is CC1(C)CC(=O)C2=C(C1)OC(N)=C(C#N)[C@H]2c1cc(Br)ccc1F. The van der Waals surface area contributed by atoms with Crippen molar-refractivity contribution in [2.24, 2.45) is 11.1 Å². The van der Waals surface area contributed by atoms with Crippen molar-refractivity contribution in [2.75, 3.05) is 0 Å². The van der Waals surface area contributed by atoms with Crippen molar-refractivity contribution in [1.82, 2.24) is 0 Å². The number of nitrogens with two attached hydrogens (primary N) is 1. The average molecular weight is 391 g/mol. The molecule has 1 heterocycles. The number of nitrogens with zero attached hydrogens (tertiary/aromatic N) is 1. The quantitative estimate of drug-likeness (QED) is 0.784. The van der Waals surface area contributed by atoms with Gasteiger partial charge in [-0.3, -0.25) is 4.79 Å². The highest BCUT2D eigenvalue weighted by Gasteiger charge is 2.43. The Balaban J connectivity index is 2.24. The van der Waals surface area contributed by atoms with Crippen LogP contribution in [0.2, 0.25) is 0 Å². The molecule has 1 aliphatic carbocycles. The van der Waals surface area contributed by atoms with Crippen LogP contribution in [0.1, 0.15) is 38.2 Å². The van der Waals surface area contributed by atoms with Crippen molar-refractivity contribution in [3.05, 3.63) is 56.8 Å². The fourth-order valence-electron chi connectivity index (χ4n) is 3.33. The monoisotopic (exact) mass is 390 g/mol. The summed E-state index contributed by atoms with van der Waals surface area (Å²) in [5, 5.41) is 9.50. The maximum absolute atomic E-state index is 14.5. The lowest BCUT2D eigenvalue weighted by Crippen LogP contribution is -2.33. The number of nitriles is 1. The fraction of sp³-hybridized carbons (Fsp3) is 0.333. The van der Waals surface area contributed by atoms with Crippen molar-refractivity contribution in [1.29, 1.82) is 5.26 Å². The third-order valence-corrected chi connectivity index (χ3v) is 4.84. The molecule has 3 rings (SSSR count). The summed E-state index contributed by atoms with van der Waals surface area (Å²) in [6.45, 7) is 3.93. The van der Waals surface area contributed by atoms with Crippen molar-refractivity contribution >= 4 is 21.7 Å². The Kier molecular flexibility index (Phi) is 4.00. The standard InChI is InChI=1S/C18H16BrFN2O2/c1-18(2)6-13(23)16-14(7-18)24-17(22)11(8-21)15(16)10-5-9(19)3-4-12(10)20/h3-5,15H,6-7,22H2,1-2H3/t15-/m1/s1. The predicted molar refractivity (Wildman–Crippen MR) is 89.8 cm³/mol. The van der Waals surface area contributed by atoms with Gasteiger partial charge in [-0.25, -0.2) is 4.39 Å². The van der Waals surface area contributed by atoms with Crippen LogP contribution in [0.25, 0.3) is 0 Å². The van der Waals surface area contributed by atoms with Gasteiger partial charge in [0.25, 0.3) is 0 Å². The maximum Gasteiger partial charge on any atom is 0.205 e. The van der Waals surface area contributed by atoms with E-state index in [0.717, 1.165) is 0 Å². The Bertz CT molecular complexity index is 849. The third-order valence-electron chi connectivity index (χ3n) is 4.34. The number of ether oxygens (including phenoxy) is 1. The van der Waals surface area contributed by atoms with Crippen LogP contribution in [0.3, 0.4) is 0 Å². The van der Waals surface area contributed by atoms with E-state index in [-0.39, 0.29) is 28.2 Å². The van der Waals surface area contributed by atoms with Gasteiger partial charge >= 0.3 is 0 Å². The fourth-order valence-corrected chi connectivity index (χ4v) is 3.71. The van der Waals surface area contributed by atoms with Crippen LogP contribution in [0.5, 0.6) is 0 Å². The largest absolute Gasteiger partial charge is 0.444 e. The van der Waals surface area contributed by atoms with Crippen LogP contribution in [0.4, 0.5) is 4.39 Å². The first-order valence-corrected chi connectivity index (χ1v) is 8.31. The summed E-state index contributed by atoms with van der Waals surface area (Å²) in [7, 11) is 0. The zero-order valence-corrected chi connectivity index (χ0v) is 14.9. The second-order valence-corrected chi connectivity index (χ2v) is 7.78. The van der Waals surface area contributed by atoms with E-state index in [2.05, 4.69) is 15.9 Å². The molecule has 1 atom stereocenters. The van der Waals surface area contributed by atoms with E-state index in [9.17, 15) is 14.4 Å².